The zero-order valence-electron chi connectivity index (χ0n) is 5.39. The maximum absolute atomic E-state index is 5.24. The molecule has 1 aliphatic heterocycles. The molecule has 0 bridgehead atoms. The quantitative estimate of drug-likeness (QED) is 0.509. The maximum atomic E-state index is 5.24. The van der Waals surface area contributed by atoms with Gasteiger partial charge in [0.25, 0.3) is 0 Å². The van der Waals surface area contributed by atoms with Gasteiger partial charge in [0, 0.05) is 6.61 Å². The molecular formula is C6H12O2. The fourth-order valence-corrected chi connectivity index (χ4v) is 0.697. The van der Waals surface area contributed by atoms with Gasteiger partial charge >= 0.3 is 0 Å². The third kappa shape index (κ3) is 1.46. The first-order valence-corrected chi connectivity index (χ1v) is 3.07. The predicted octanol–water partition coefficient (Wildman–Crippen LogP) is 0.810. The van der Waals surface area contributed by atoms with Crippen LogP contribution in [0.5, 0.6) is 0 Å². The molecule has 0 aromatic carbocycles. The Morgan fingerprint density at radius 1 is 1.88 bits per heavy atom. The summed E-state index contributed by atoms with van der Waals surface area (Å²) in [5, 5.41) is 0. The second-order valence-electron chi connectivity index (χ2n) is 2.03. The fourth-order valence-electron chi connectivity index (χ4n) is 0.697. The Morgan fingerprint density at radius 2 is 2.50 bits per heavy atom. The van der Waals surface area contributed by atoms with Crippen LogP contribution in [0.15, 0.2) is 0 Å². The second kappa shape index (κ2) is 2.46. The molecule has 0 aromatic rings. The molecule has 1 aliphatic rings. The van der Waals surface area contributed by atoms with E-state index in [9.17, 15) is 0 Å². The van der Waals surface area contributed by atoms with Gasteiger partial charge in [-0.3, -0.25) is 0 Å². The Hall–Kier alpha value is -0.0800. The molecule has 0 aliphatic carbocycles. The first-order chi connectivity index (χ1) is 3.84. The van der Waals surface area contributed by atoms with E-state index in [2.05, 4.69) is 0 Å². The third-order valence-electron chi connectivity index (χ3n) is 1.31. The lowest BCUT2D eigenvalue weighted by molar-refractivity contribution is 0.0549. The van der Waals surface area contributed by atoms with Crippen molar-refractivity contribution in [2.45, 2.75) is 26.1 Å². The van der Waals surface area contributed by atoms with E-state index >= 15 is 0 Å². The zero-order valence-corrected chi connectivity index (χ0v) is 5.39. The lowest BCUT2D eigenvalue weighted by Crippen LogP contribution is -2.14. The van der Waals surface area contributed by atoms with Crippen LogP contribution in [0.25, 0.3) is 0 Å². The molecule has 0 radical (unpaired) electrons. The van der Waals surface area contributed by atoms with Crippen LogP contribution in [0.3, 0.4) is 0 Å². The standard InChI is InChI=1S/C6H12O2/c1-3-7-5(2)6-4-8-6/h5-6H,3-4H2,1-2H3/t5-,6-/m1/s1. The van der Waals surface area contributed by atoms with Crippen molar-refractivity contribution in [3.63, 3.8) is 0 Å². The summed E-state index contributed by atoms with van der Waals surface area (Å²) in [5.41, 5.74) is 0. The minimum absolute atomic E-state index is 0.306. The average molecular weight is 116 g/mol. The van der Waals surface area contributed by atoms with E-state index in [0.29, 0.717) is 12.2 Å². The van der Waals surface area contributed by atoms with Crippen molar-refractivity contribution in [2.24, 2.45) is 0 Å². The molecule has 0 saturated carbocycles. The van der Waals surface area contributed by atoms with Gasteiger partial charge in [0.1, 0.15) is 6.10 Å². The third-order valence-corrected chi connectivity index (χ3v) is 1.31. The smallest absolute Gasteiger partial charge is 0.107 e. The van der Waals surface area contributed by atoms with Crippen molar-refractivity contribution in [3.05, 3.63) is 0 Å². The molecule has 2 heteroatoms. The Labute approximate surface area is 49.8 Å². The van der Waals surface area contributed by atoms with E-state index in [0.717, 1.165) is 13.2 Å². The molecule has 0 N–H and O–H groups in total. The normalized spacial score (nSPS) is 30.0. The highest BCUT2D eigenvalue weighted by Gasteiger charge is 2.29. The van der Waals surface area contributed by atoms with Crippen LogP contribution >= 0.6 is 0 Å². The minimum atomic E-state index is 0.306. The molecule has 1 rings (SSSR count). The number of hydrogen-bond donors (Lipinski definition) is 0. The lowest BCUT2D eigenvalue weighted by atomic mass is 10.3. The summed E-state index contributed by atoms with van der Waals surface area (Å²) in [6.45, 7) is 5.72. The Bertz CT molecular complexity index is 68.9. The number of epoxide rings is 1. The Balaban J connectivity index is 2.03. The number of hydrogen-bond acceptors (Lipinski definition) is 2. The number of rotatable bonds is 3. The van der Waals surface area contributed by atoms with Crippen molar-refractivity contribution < 1.29 is 9.47 Å². The van der Waals surface area contributed by atoms with Crippen LogP contribution in [0.2, 0.25) is 0 Å². The summed E-state index contributed by atoms with van der Waals surface area (Å²) in [6.07, 6.45) is 0.704. The van der Waals surface area contributed by atoms with E-state index < -0.39 is 0 Å². The lowest BCUT2D eigenvalue weighted by Gasteiger charge is -2.05. The Morgan fingerprint density at radius 3 is 2.88 bits per heavy atom. The second-order valence-corrected chi connectivity index (χ2v) is 2.03. The van der Waals surface area contributed by atoms with Crippen molar-refractivity contribution in [2.75, 3.05) is 13.2 Å². The molecule has 1 saturated heterocycles. The molecule has 0 unspecified atom stereocenters. The summed E-state index contributed by atoms with van der Waals surface area (Å²) in [6, 6.07) is 0. The summed E-state index contributed by atoms with van der Waals surface area (Å²) in [7, 11) is 0. The van der Waals surface area contributed by atoms with Crippen LogP contribution in [-0.2, 0) is 9.47 Å². The van der Waals surface area contributed by atoms with Gasteiger partial charge in [0.05, 0.1) is 12.7 Å². The highest BCUT2D eigenvalue weighted by Crippen LogP contribution is 2.15. The number of ether oxygens (including phenoxy) is 2. The SMILES string of the molecule is CCO[C@H](C)[C@H]1CO1. The van der Waals surface area contributed by atoms with Crippen LogP contribution in [0.1, 0.15) is 13.8 Å². The predicted molar refractivity (Wildman–Crippen MR) is 30.8 cm³/mol. The van der Waals surface area contributed by atoms with Crippen molar-refractivity contribution in [1.82, 2.24) is 0 Å². The molecule has 8 heavy (non-hydrogen) atoms. The van der Waals surface area contributed by atoms with E-state index in [4.69, 9.17) is 9.47 Å². The van der Waals surface area contributed by atoms with Gasteiger partial charge in [-0.2, -0.15) is 0 Å². The molecule has 0 amide bonds. The van der Waals surface area contributed by atoms with E-state index in [1.54, 1.807) is 0 Å². The molecule has 2 atom stereocenters. The van der Waals surface area contributed by atoms with Gasteiger partial charge < -0.3 is 9.47 Å². The molecule has 1 fully saturated rings. The molecule has 48 valence electrons. The van der Waals surface area contributed by atoms with Crippen LogP contribution < -0.4 is 0 Å². The van der Waals surface area contributed by atoms with Crippen LogP contribution in [0.4, 0.5) is 0 Å². The summed E-state index contributed by atoms with van der Waals surface area (Å²) in [4.78, 5) is 0. The molecule has 0 aromatic heterocycles. The first kappa shape index (κ1) is 6.05. The largest absolute Gasteiger partial charge is 0.376 e. The highest BCUT2D eigenvalue weighted by molar-refractivity contribution is 4.75. The highest BCUT2D eigenvalue weighted by atomic mass is 16.6. The minimum Gasteiger partial charge on any atom is -0.376 e. The average Bonchev–Trinajstić information content (AvgIpc) is 2.45. The van der Waals surface area contributed by atoms with Gasteiger partial charge in [0.2, 0.25) is 0 Å². The summed E-state index contributed by atoms with van der Waals surface area (Å²) < 4.78 is 10.2. The van der Waals surface area contributed by atoms with Crippen molar-refractivity contribution >= 4 is 0 Å². The van der Waals surface area contributed by atoms with E-state index in [1.807, 2.05) is 13.8 Å². The Kier molecular flexibility index (Phi) is 1.86. The summed E-state index contributed by atoms with van der Waals surface area (Å²) in [5.74, 6) is 0. The van der Waals surface area contributed by atoms with Gasteiger partial charge in [0.15, 0.2) is 0 Å². The van der Waals surface area contributed by atoms with Crippen LogP contribution in [-0.4, -0.2) is 25.4 Å². The monoisotopic (exact) mass is 116 g/mol. The maximum Gasteiger partial charge on any atom is 0.107 e. The van der Waals surface area contributed by atoms with Crippen LogP contribution in [0, 0.1) is 0 Å². The van der Waals surface area contributed by atoms with Gasteiger partial charge in [-0.25, -0.2) is 0 Å². The first-order valence-electron chi connectivity index (χ1n) is 3.07. The summed E-state index contributed by atoms with van der Waals surface area (Å²) >= 11 is 0. The molecular weight excluding hydrogens is 104 g/mol. The molecule has 0 spiro atoms. The van der Waals surface area contributed by atoms with E-state index in [1.165, 1.54) is 0 Å². The van der Waals surface area contributed by atoms with Gasteiger partial charge in [-0.15, -0.1) is 0 Å². The zero-order chi connectivity index (χ0) is 5.98. The van der Waals surface area contributed by atoms with Crippen molar-refractivity contribution in [1.29, 1.82) is 0 Å². The topological polar surface area (TPSA) is 21.8 Å². The van der Waals surface area contributed by atoms with E-state index in [-0.39, 0.29) is 0 Å². The van der Waals surface area contributed by atoms with Crippen molar-refractivity contribution in [3.8, 4) is 0 Å². The van der Waals surface area contributed by atoms with Gasteiger partial charge in [-0.1, -0.05) is 0 Å². The fraction of sp³-hybridized carbons (Fsp3) is 1.00. The molecule has 2 nitrogen and oxygen atoms in total. The molecule has 1 heterocycles. The van der Waals surface area contributed by atoms with Gasteiger partial charge in [-0.05, 0) is 13.8 Å².